The van der Waals surface area contributed by atoms with E-state index in [1.54, 1.807) is 0 Å². The SMILES string of the molecule is OC1c2ccccc2C=Cc2ccc(/C=C/c3ccc4c(n3)CCCC4)cc21. The van der Waals surface area contributed by atoms with Gasteiger partial charge in [-0.25, -0.2) is 0 Å². The van der Waals surface area contributed by atoms with Crippen LogP contribution < -0.4 is 0 Å². The average molecular weight is 365 g/mol. The molecule has 1 heterocycles. The van der Waals surface area contributed by atoms with Gasteiger partial charge < -0.3 is 5.11 Å². The second-order valence-corrected chi connectivity index (χ2v) is 7.64. The van der Waals surface area contributed by atoms with Gasteiger partial charge in [0.25, 0.3) is 0 Å². The molecule has 2 aliphatic carbocycles. The van der Waals surface area contributed by atoms with E-state index in [2.05, 4.69) is 54.6 Å². The highest BCUT2D eigenvalue weighted by Crippen LogP contribution is 2.33. The molecule has 2 aliphatic rings. The van der Waals surface area contributed by atoms with Crippen molar-refractivity contribution in [3.63, 3.8) is 0 Å². The molecule has 2 nitrogen and oxygen atoms in total. The van der Waals surface area contributed by atoms with Crippen molar-refractivity contribution in [2.45, 2.75) is 31.8 Å². The van der Waals surface area contributed by atoms with E-state index >= 15 is 0 Å². The van der Waals surface area contributed by atoms with Gasteiger partial charge in [0, 0.05) is 5.69 Å². The van der Waals surface area contributed by atoms with E-state index < -0.39 is 6.10 Å². The highest BCUT2D eigenvalue weighted by molar-refractivity contribution is 5.78. The zero-order chi connectivity index (χ0) is 18.9. The number of fused-ring (bicyclic) bond motifs is 3. The Morgan fingerprint density at radius 1 is 0.821 bits per heavy atom. The monoisotopic (exact) mass is 365 g/mol. The molecule has 0 saturated carbocycles. The Labute approximate surface area is 165 Å². The number of hydrogen-bond donors (Lipinski definition) is 1. The number of benzene rings is 2. The lowest BCUT2D eigenvalue weighted by Crippen LogP contribution is -2.05. The van der Waals surface area contributed by atoms with Crippen molar-refractivity contribution in [1.82, 2.24) is 4.98 Å². The summed E-state index contributed by atoms with van der Waals surface area (Å²) >= 11 is 0. The first-order valence-electron chi connectivity index (χ1n) is 10.0. The third kappa shape index (κ3) is 3.21. The topological polar surface area (TPSA) is 33.1 Å². The normalized spacial score (nSPS) is 17.7. The number of nitrogens with zero attached hydrogens (tertiary/aromatic N) is 1. The maximum Gasteiger partial charge on any atom is 0.105 e. The first-order valence-corrected chi connectivity index (χ1v) is 10.0. The molecule has 0 spiro atoms. The van der Waals surface area contributed by atoms with Crippen molar-refractivity contribution < 1.29 is 5.11 Å². The fourth-order valence-electron chi connectivity index (χ4n) is 4.22. The highest BCUT2D eigenvalue weighted by Gasteiger charge is 2.18. The van der Waals surface area contributed by atoms with Crippen LogP contribution in [0.5, 0.6) is 0 Å². The molecule has 0 fully saturated rings. The lowest BCUT2D eigenvalue weighted by molar-refractivity contribution is 0.220. The molecule has 2 heteroatoms. The first-order chi connectivity index (χ1) is 13.8. The number of hydrogen-bond acceptors (Lipinski definition) is 2. The molecule has 0 radical (unpaired) electrons. The molecule has 2 aromatic carbocycles. The molecule has 0 aliphatic heterocycles. The Morgan fingerprint density at radius 2 is 1.64 bits per heavy atom. The van der Waals surface area contributed by atoms with Gasteiger partial charge in [0.05, 0.1) is 5.69 Å². The minimum absolute atomic E-state index is 0.614. The van der Waals surface area contributed by atoms with Crippen LogP contribution in [-0.4, -0.2) is 10.1 Å². The molecule has 1 N–H and O–H groups in total. The molecule has 0 amide bonds. The van der Waals surface area contributed by atoms with Crippen molar-refractivity contribution in [3.05, 3.63) is 99.4 Å². The maximum absolute atomic E-state index is 11.0. The van der Waals surface area contributed by atoms with Crippen LogP contribution in [0.25, 0.3) is 24.3 Å². The zero-order valence-corrected chi connectivity index (χ0v) is 15.8. The van der Waals surface area contributed by atoms with Crippen LogP contribution in [0.15, 0.2) is 54.6 Å². The van der Waals surface area contributed by atoms with Gasteiger partial charge >= 0.3 is 0 Å². The molecule has 5 rings (SSSR count). The molecule has 3 aromatic rings. The highest BCUT2D eigenvalue weighted by atomic mass is 16.3. The molecule has 1 atom stereocenters. The molecular weight excluding hydrogens is 342 g/mol. The second-order valence-electron chi connectivity index (χ2n) is 7.64. The smallest absolute Gasteiger partial charge is 0.105 e. The number of pyridine rings is 1. The van der Waals surface area contributed by atoms with Gasteiger partial charge in [0.2, 0.25) is 0 Å². The Bertz CT molecular complexity index is 1090. The molecule has 1 aromatic heterocycles. The van der Waals surface area contributed by atoms with Gasteiger partial charge in [-0.1, -0.05) is 60.7 Å². The predicted molar refractivity (Wildman–Crippen MR) is 116 cm³/mol. The molecule has 1 unspecified atom stereocenters. The van der Waals surface area contributed by atoms with Crippen LogP contribution in [0.1, 0.15) is 63.7 Å². The number of rotatable bonds is 2. The first kappa shape index (κ1) is 17.2. The zero-order valence-electron chi connectivity index (χ0n) is 15.8. The quantitative estimate of drug-likeness (QED) is 0.632. The van der Waals surface area contributed by atoms with E-state index in [4.69, 9.17) is 4.98 Å². The third-order valence-electron chi connectivity index (χ3n) is 5.78. The van der Waals surface area contributed by atoms with Gasteiger partial charge in [-0.05, 0) is 77.3 Å². The average Bonchev–Trinajstić information content (AvgIpc) is 2.89. The van der Waals surface area contributed by atoms with E-state index in [1.807, 2.05) is 24.3 Å². The lowest BCUT2D eigenvalue weighted by Gasteiger charge is -2.15. The fourth-order valence-corrected chi connectivity index (χ4v) is 4.22. The summed E-state index contributed by atoms with van der Waals surface area (Å²) in [6.07, 6.45) is 12.5. The minimum atomic E-state index is -0.614. The van der Waals surface area contributed by atoms with Crippen LogP contribution in [0.4, 0.5) is 0 Å². The van der Waals surface area contributed by atoms with E-state index in [1.165, 1.54) is 24.1 Å². The van der Waals surface area contributed by atoms with Crippen molar-refractivity contribution in [2.24, 2.45) is 0 Å². The summed E-state index contributed by atoms with van der Waals surface area (Å²) in [4.78, 5) is 4.83. The van der Waals surface area contributed by atoms with Crippen molar-refractivity contribution in [1.29, 1.82) is 0 Å². The standard InChI is InChI=1S/C26H23NO/c28-26-23-7-3-1-5-19(23)12-13-20-11-9-18(17-24(20)26)10-15-22-16-14-21-6-2-4-8-25(21)27-22/h1,3,5,7,9-17,26,28H,2,4,6,8H2/b15-10+. The largest absolute Gasteiger partial charge is 0.384 e. The molecule has 28 heavy (non-hydrogen) atoms. The molecular formula is C26H23NO. The van der Waals surface area contributed by atoms with Crippen LogP contribution in [0.2, 0.25) is 0 Å². The summed E-state index contributed by atoms with van der Waals surface area (Å²) in [6, 6.07) is 18.6. The number of aliphatic hydroxyl groups excluding tert-OH is 1. The Morgan fingerprint density at radius 3 is 2.57 bits per heavy atom. The number of aryl methyl sites for hydroxylation is 2. The van der Waals surface area contributed by atoms with Crippen molar-refractivity contribution in [2.75, 3.05) is 0 Å². The van der Waals surface area contributed by atoms with Gasteiger partial charge in [-0.2, -0.15) is 0 Å². The maximum atomic E-state index is 11.0. The summed E-state index contributed by atoms with van der Waals surface area (Å²) < 4.78 is 0. The van der Waals surface area contributed by atoms with Gasteiger partial charge in [-0.15, -0.1) is 0 Å². The predicted octanol–water partition coefficient (Wildman–Crippen LogP) is 5.70. The van der Waals surface area contributed by atoms with Gasteiger partial charge in [-0.3, -0.25) is 4.98 Å². The summed E-state index contributed by atoms with van der Waals surface area (Å²) in [5.41, 5.74) is 8.77. The molecule has 138 valence electrons. The van der Waals surface area contributed by atoms with Crippen LogP contribution in [0, 0.1) is 0 Å². The Kier molecular flexibility index (Phi) is 4.42. The van der Waals surface area contributed by atoms with Gasteiger partial charge in [0.1, 0.15) is 6.10 Å². The summed E-state index contributed by atoms with van der Waals surface area (Å²) in [5, 5.41) is 11.0. The lowest BCUT2D eigenvalue weighted by atomic mass is 9.94. The molecule has 0 bridgehead atoms. The van der Waals surface area contributed by atoms with Crippen LogP contribution in [-0.2, 0) is 12.8 Å². The van der Waals surface area contributed by atoms with Crippen molar-refractivity contribution in [3.8, 4) is 0 Å². The number of aliphatic hydroxyl groups is 1. The van der Waals surface area contributed by atoms with Crippen molar-refractivity contribution >= 4 is 24.3 Å². The van der Waals surface area contributed by atoms with E-state index in [9.17, 15) is 5.11 Å². The third-order valence-corrected chi connectivity index (χ3v) is 5.78. The molecule has 0 saturated heterocycles. The minimum Gasteiger partial charge on any atom is -0.384 e. The summed E-state index contributed by atoms with van der Waals surface area (Å²) in [7, 11) is 0. The summed E-state index contributed by atoms with van der Waals surface area (Å²) in [5.74, 6) is 0. The summed E-state index contributed by atoms with van der Waals surface area (Å²) in [6.45, 7) is 0. The Balaban J connectivity index is 1.46. The fraction of sp³-hybridized carbons (Fsp3) is 0.192. The van der Waals surface area contributed by atoms with Crippen LogP contribution in [0.3, 0.4) is 0 Å². The van der Waals surface area contributed by atoms with E-state index in [0.29, 0.717) is 0 Å². The Hall–Kier alpha value is -2.97. The van der Waals surface area contributed by atoms with Crippen LogP contribution >= 0.6 is 0 Å². The van der Waals surface area contributed by atoms with E-state index in [0.717, 1.165) is 46.4 Å². The van der Waals surface area contributed by atoms with E-state index in [-0.39, 0.29) is 0 Å². The second kappa shape index (κ2) is 7.21. The number of aromatic nitrogens is 1. The van der Waals surface area contributed by atoms with Gasteiger partial charge in [0.15, 0.2) is 0 Å².